The Kier molecular flexibility index (Phi) is 3.79. The van der Waals surface area contributed by atoms with E-state index in [-0.39, 0.29) is 11.4 Å². The van der Waals surface area contributed by atoms with Crippen molar-refractivity contribution in [2.24, 2.45) is 23.2 Å². The molecule has 2 heteroatoms. The van der Waals surface area contributed by atoms with Gasteiger partial charge in [-0.05, 0) is 57.3 Å². The van der Waals surface area contributed by atoms with Crippen LogP contribution in [0.5, 0.6) is 0 Å². The lowest BCUT2D eigenvalue weighted by Gasteiger charge is -2.23. The largest absolute Gasteiger partial charge is 0.465 e. The smallest absolute Gasteiger partial charge is 0.311 e. The Hall–Kier alpha value is -0.530. The fraction of sp³-hybridized carbons (Fsp3) is 0.933. The molecule has 98 valence electrons. The number of hydrogen-bond donors (Lipinski definition) is 0. The molecule has 0 bridgehead atoms. The highest BCUT2D eigenvalue weighted by Crippen LogP contribution is 2.47. The van der Waals surface area contributed by atoms with Crippen LogP contribution in [0, 0.1) is 23.2 Å². The predicted molar refractivity (Wildman–Crippen MR) is 68.6 cm³/mol. The van der Waals surface area contributed by atoms with Gasteiger partial charge in [-0.3, -0.25) is 4.79 Å². The van der Waals surface area contributed by atoms with Crippen LogP contribution in [-0.4, -0.2) is 12.6 Å². The third kappa shape index (κ3) is 2.66. The molecule has 2 saturated carbocycles. The molecule has 2 fully saturated rings. The number of ether oxygens (including phenoxy) is 1. The van der Waals surface area contributed by atoms with Crippen LogP contribution in [0.25, 0.3) is 0 Å². The number of carbonyl (C=O) groups is 1. The van der Waals surface area contributed by atoms with E-state index in [2.05, 4.69) is 0 Å². The lowest BCUT2D eigenvalue weighted by atomic mass is 9.90. The Morgan fingerprint density at radius 1 is 1.24 bits per heavy atom. The molecule has 2 aliphatic rings. The van der Waals surface area contributed by atoms with Crippen LogP contribution in [0.2, 0.25) is 0 Å². The number of hydrogen-bond acceptors (Lipinski definition) is 2. The van der Waals surface area contributed by atoms with Gasteiger partial charge < -0.3 is 4.74 Å². The van der Waals surface area contributed by atoms with Gasteiger partial charge in [0.15, 0.2) is 0 Å². The van der Waals surface area contributed by atoms with E-state index in [4.69, 9.17) is 4.74 Å². The van der Waals surface area contributed by atoms with Crippen molar-refractivity contribution >= 4 is 5.97 Å². The second kappa shape index (κ2) is 4.99. The van der Waals surface area contributed by atoms with Gasteiger partial charge in [-0.25, -0.2) is 0 Å². The zero-order valence-corrected chi connectivity index (χ0v) is 11.5. The molecule has 2 rings (SSSR count). The molecule has 2 nitrogen and oxygen atoms in total. The molecule has 3 unspecified atom stereocenters. The molecule has 0 aromatic rings. The van der Waals surface area contributed by atoms with Gasteiger partial charge in [-0.15, -0.1) is 0 Å². The van der Waals surface area contributed by atoms with Crippen molar-refractivity contribution < 1.29 is 9.53 Å². The average Bonchev–Trinajstić information content (AvgIpc) is 2.88. The standard InChI is InChI=1S/C15H26O2/c1-4-15(2,3)14(16)17-10-12-9-8-11-6-5-7-13(11)12/h11-13H,4-10H2,1-3H3. The predicted octanol–water partition coefficient (Wildman–Crippen LogP) is 3.79. The second-order valence-corrected chi connectivity index (χ2v) is 6.53. The molecule has 0 radical (unpaired) electrons. The highest BCUT2D eigenvalue weighted by atomic mass is 16.5. The number of fused-ring (bicyclic) bond motifs is 1. The van der Waals surface area contributed by atoms with E-state index in [1.165, 1.54) is 32.1 Å². The van der Waals surface area contributed by atoms with Gasteiger partial charge in [-0.1, -0.05) is 19.8 Å². The van der Waals surface area contributed by atoms with Gasteiger partial charge in [-0.2, -0.15) is 0 Å². The van der Waals surface area contributed by atoms with Crippen LogP contribution in [0.15, 0.2) is 0 Å². The summed E-state index contributed by atoms with van der Waals surface area (Å²) >= 11 is 0. The fourth-order valence-corrected chi connectivity index (χ4v) is 3.42. The van der Waals surface area contributed by atoms with E-state index in [1.54, 1.807) is 0 Å². The summed E-state index contributed by atoms with van der Waals surface area (Å²) in [6, 6.07) is 0. The maximum atomic E-state index is 11.9. The van der Waals surface area contributed by atoms with Gasteiger partial charge in [0.05, 0.1) is 12.0 Å². The molecule has 0 aromatic heterocycles. The summed E-state index contributed by atoms with van der Waals surface area (Å²) in [7, 11) is 0. The number of carbonyl (C=O) groups excluding carboxylic acids is 1. The van der Waals surface area contributed by atoms with Crippen LogP contribution in [0.4, 0.5) is 0 Å². The molecule has 0 aromatic carbocycles. The van der Waals surface area contributed by atoms with Crippen molar-refractivity contribution in [2.45, 2.75) is 59.3 Å². The topological polar surface area (TPSA) is 26.3 Å². The molecule has 0 saturated heterocycles. The molecule has 0 spiro atoms. The minimum atomic E-state index is -0.312. The third-order valence-corrected chi connectivity index (χ3v) is 5.10. The van der Waals surface area contributed by atoms with Gasteiger partial charge in [0.25, 0.3) is 0 Å². The Morgan fingerprint density at radius 2 is 2.00 bits per heavy atom. The molecule has 0 aliphatic heterocycles. The van der Waals surface area contributed by atoms with Crippen molar-refractivity contribution in [2.75, 3.05) is 6.61 Å². The molecule has 0 heterocycles. The molecule has 0 amide bonds. The highest BCUT2D eigenvalue weighted by molar-refractivity contribution is 5.75. The van der Waals surface area contributed by atoms with Gasteiger partial charge in [0.2, 0.25) is 0 Å². The highest BCUT2D eigenvalue weighted by Gasteiger charge is 2.40. The van der Waals surface area contributed by atoms with Gasteiger partial charge >= 0.3 is 5.97 Å². The van der Waals surface area contributed by atoms with Crippen LogP contribution in [0.1, 0.15) is 59.3 Å². The summed E-state index contributed by atoms with van der Waals surface area (Å²) in [5.74, 6) is 2.44. The van der Waals surface area contributed by atoms with Crippen LogP contribution in [0.3, 0.4) is 0 Å². The minimum absolute atomic E-state index is 0.0125. The summed E-state index contributed by atoms with van der Waals surface area (Å²) in [6.07, 6.45) is 7.65. The summed E-state index contributed by atoms with van der Waals surface area (Å²) in [5, 5.41) is 0. The Balaban J connectivity index is 1.81. The SMILES string of the molecule is CCC(C)(C)C(=O)OCC1CCC2CCCC21. The van der Waals surface area contributed by atoms with Crippen LogP contribution in [-0.2, 0) is 9.53 Å². The quantitative estimate of drug-likeness (QED) is 0.696. The van der Waals surface area contributed by atoms with E-state index < -0.39 is 0 Å². The van der Waals surface area contributed by atoms with Crippen molar-refractivity contribution in [3.05, 3.63) is 0 Å². The molecule has 17 heavy (non-hydrogen) atoms. The third-order valence-electron chi connectivity index (χ3n) is 5.10. The molecule has 3 atom stereocenters. The maximum absolute atomic E-state index is 11.9. The lowest BCUT2D eigenvalue weighted by Crippen LogP contribution is -2.28. The molecule has 2 aliphatic carbocycles. The first-order valence-electron chi connectivity index (χ1n) is 7.22. The van der Waals surface area contributed by atoms with Crippen molar-refractivity contribution in [3.8, 4) is 0 Å². The summed E-state index contributed by atoms with van der Waals surface area (Å²) in [5.41, 5.74) is -0.312. The summed E-state index contributed by atoms with van der Waals surface area (Å²) in [4.78, 5) is 11.9. The summed E-state index contributed by atoms with van der Waals surface area (Å²) < 4.78 is 5.55. The van der Waals surface area contributed by atoms with E-state index in [0.717, 1.165) is 18.3 Å². The monoisotopic (exact) mass is 238 g/mol. The van der Waals surface area contributed by atoms with Crippen molar-refractivity contribution in [1.29, 1.82) is 0 Å². The molecular formula is C15H26O2. The Bertz CT molecular complexity index is 283. The van der Waals surface area contributed by atoms with Crippen molar-refractivity contribution in [3.63, 3.8) is 0 Å². The number of rotatable bonds is 4. The van der Waals surface area contributed by atoms with Crippen molar-refractivity contribution in [1.82, 2.24) is 0 Å². The summed E-state index contributed by atoms with van der Waals surface area (Å²) in [6.45, 7) is 6.66. The fourth-order valence-electron chi connectivity index (χ4n) is 3.42. The van der Waals surface area contributed by atoms with E-state index in [0.29, 0.717) is 12.5 Å². The zero-order valence-electron chi connectivity index (χ0n) is 11.5. The average molecular weight is 238 g/mol. The van der Waals surface area contributed by atoms with Crippen LogP contribution < -0.4 is 0 Å². The first-order chi connectivity index (χ1) is 8.04. The number of esters is 1. The Morgan fingerprint density at radius 3 is 2.71 bits per heavy atom. The van der Waals surface area contributed by atoms with Gasteiger partial charge in [0.1, 0.15) is 0 Å². The molecule has 0 N–H and O–H groups in total. The first kappa shape index (κ1) is 12.9. The second-order valence-electron chi connectivity index (χ2n) is 6.53. The minimum Gasteiger partial charge on any atom is -0.465 e. The Labute approximate surface area is 105 Å². The lowest BCUT2D eigenvalue weighted by molar-refractivity contribution is -0.156. The van der Waals surface area contributed by atoms with E-state index in [9.17, 15) is 4.79 Å². The first-order valence-corrected chi connectivity index (χ1v) is 7.22. The van der Waals surface area contributed by atoms with E-state index in [1.807, 2.05) is 20.8 Å². The molecular weight excluding hydrogens is 212 g/mol. The van der Waals surface area contributed by atoms with Crippen LogP contribution >= 0.6 is 0 Å². The van der Waals surface area contributed by atoms with E-state index >= 15 is 0 Å². The van der Waals surface area contributed by atoms with Gasteiger partial charge in [0, 0.05) is 0 Å². The maximum Gasteiger partial charge on any atom is 0.311 e. The zero-order chi connectivity index (χ0) is 12.5. The normalized spacial score (nSPS) is 32.5.